The summed E-state index contributed by atoms with van der Waals surface area (Å²) in [6, 6.07) is 12.7. The third kappa shape index (κ3) is 3.55. The minimum atomic E-state index is -0.212. The number of nitrogens with one attached hydrogen (secondary N) is 1. The molecule has 0 aromatic heterocycles. The Morgan fingerprint density at radius 1 is 1.11 bits per heavy atom. The minimum absolute atomic E-state index is 0.212. The monoisotopic (exact) mass is 277 g/mol. The highest BCUT2D eigenvalue weighted by Gasteiger charge is 2.10. The second kappa shape index (κ2) is 6.18. The van der Waals surface area contributed by atoms with Gasteiger partial charge in [0.2, 0.25) is 0 Å². The van der Waals surface area contributed by atoms with Gasteiger partial charge in [0.15, 0.2) is 0 Å². The van der Waals surface area contributed by atoms with E-state index in [1.165, 1.54) is 6.07 Å². The molecular formula is C16H17ClFN. The number of benzene rings is 2. The van der Waals surface area contributed by atoms with Crippen molar-refractivity contribution in [2.45, 2.75) is 26.4 Å². The molecule has 0 aliphatic heterocycles. The summed E-state index contributed by atoms with van der Waals surface area (Å²) in [6.07, 6.45) is 0. The average Bonchev–Trinajstić information content (AvgIpc) is 2.37. The van der Waals surface area contributed by atoms with E-state index in [0.29, 0.717) is 23.2 Å². The van der Waals surface area contributed by atoms with Crippen LogP contribution in [0.15, 0.2) is 42.5 Å². The van der Waals surface area contributed by atoms with Crippen LogP contribution in [0.25, 0.3) is 11.1 Å². The molecule has 100 valence electrons. The summed E-state index contributed by atoms with van der Waals surface area (Å²) in [5.74, 6) is -0.212. The maximum absolute atomic E-state index is 13.9. The Bertz CT molecular complexity index is 566. The number of hydrogen-bond donors (Lipinski definition) is 1. The number of rotatable bonds is 4. The normalized spacial score (nSPS) is 11.0. The van der Waals surface area contributed by atoms with E-state index in [-0.39, 0.29) is 5.82 Å². The quantitative estimate of drug-likeness (QED) is 0.858. The summed E-state index contributed by atoms with van der Waals surface area (Å²) in [6.45, 7) is 4.82. The van der Waals surface area contributed by atoms with E-state index < -0.39 is 0 Å². The first-order chi connectivity index (χ1) is 9.08. The number of hydrogen-bond acceptors (Lipinski definition) is 1. The van der Waals surface area contributed by atoms with Gasteiger partial charge in [-0.3, -0.25) is 0 Å². The zero-order valence-corrected chi connectivity index (χ0v) is 11.8. The predicted molar refractivity (Wildman–Crippen MR) is 78.8 cm³/mol. The van der Waals surface area contributed by atoms with Crippen LogP contribution in [0.5, 0.6) is 0 Å². The third-order valence-electron chi connectivity index (χ3n) is 2.93. The van der Waals surface area contributed by atoms with Crippen LogP contribution < -0.4 is 5.32 Å². The maximum atomic E-state index is 13.9. The first kappa shape index (κ1) is 14.0. The third-order valence-corrected chi connectivity index (χ3v) is 3.17. The molecule has 0 heterocycles. The molecule has 0 aliphatic carbocycles. The molecule has 2 aromatic rings. The molecule has 1 nitrogen and oxygen atoms in total. The second-order valence-electron chi connectivity index (χ2n) is 4.82. The maximum Gasteiger partial charge on any atom is 0.131 e. The molecule has 0 saturated carbocycles. The molecule has 0 aliphatic rings. The van der Waals surface area contributed by atoms with Crippen LogP contribution in [0.2, 0.25) is 5.02 Å². The van der Waals surface area contributed by atoms with Gasteiger partial charge in [0.25, 0.3) is 0 Å². The molecule has 19 heavy (non-hydrogen) atoms. The smallest absolute Gasteiger partial charge is 0.131 e. The minimum Gasteiger partial charge on any atom is -0.310 e. The topological polar surface area (TPSA) is 12.0 Å². The van der Waals surface area contributed by atoms with Crippen molar-refractivity contribution in [3.63, 3.8) is 0 Å². The lowest BCUT2D eigenvalue weighted by molar-refractivity contribution is 0.589. The molecule has 0 fully saturated rings. The van der Waals surface area contributed by atoms with Gasteiger partial charge in [-0.2, -0.15) is 0 Å². The van der Waals surface area contributed by atoms with Crippen LogP contribution in [-0.2, 0) is 6.54 Å². The molecule has 0 saturated heterocycles. The lowest BCUT2D eigenvalue weighted by Gasteiger charge is -2.14. The molecule has 0 bridgehead atoms. The Balaban J connectivity index is 2.42. The summed E-state index contributed by atoms with van der Waals surface area (Å²) in [4.78, 5) is 0. The fraction of sp³-hybridized carbons (Fsp3) is 0.250. The highest BCUT2D eigenvalue weighted by atomic mass is 35.5. The van der Waals surface area contributed by atoms with Crippen LogP contribution in [-0.4, -0.2) is 6.04 Å². The Kier molecular flexibility index (Phi) is 4.56. The average molecular weight is 278 g/mol. The predicted octanol–water partition coefficient (Wildman–Crippen LogP) is 4.64. The Labute approximate surface area is 118 Å². The first-order valence-electron chi connectivity index (χ1n) is 6.34. The van der Waals surface area contributed by atoms with Crippen molar-refractivity contribution in [2.24, 2.45) is 0 Å². The summed E-state index contributed by atoms with van der Waals surface area (Å²) in [7, 11) is 0. The van der Waals surface area contributed by atoms with Crippen molar-refractivity contribution < 1.29 is 4.39 Å². The zero-order chi connectivity index (χ0) is 13.8. The number of halogens is 2. The summed E-state index contributed by atoms with van der Waals surface area (Å²) in [5.41, 5.74) is 2.50. The van der Waals surface area contributed by atoms with Crippen molar-refractivity contribution in [3.8, 4) is 11.1 Å². The van der Waals surface area contributed by atoms with Gasteiger partial charge < -0.3 is 5.32 Å². The second-order valence-corrected chi connectivity index (χ2v) is 5.25. The van der Waals surface area contributed by atoms with E-state index in [2.05, 4.69) is 19.2 Å². The standard InChI is InChI=1S/C16H17ClFN/c1-11(2)19-10-12-9-13(17)7-8-14(12)15-5-3-4-6-16(15)18/h3-9,11,19H,10H2,1-2H3. The van der Waals surface area contributed by atoms with E-state index in [1.807, 2.05) is 18.2 Å². The van der Waals surface area contributed by atoms with E-state index >= 15 is 0 Å². The lowest BCUT2D eigenvalue weighted by atomic mass is 9.99. The Morgan fingerprint density at radius 2 is 1.84 bits per heavy atom. The SMILES string of the molecule is CC(C)NCc1cc(Cl)ccc1-c1ccccc1F. The molecule has 1 N–H and O–H groups in total. The fourth-order valence-electron chi connectivity index (χ4n) is 1.97. The van der Waals surface area contributed by atoms with E-state index in [0.717, 1.165) is 11.1 Å². The van der Waals surface area contributed by atoms with Gasteiger partial charge in [-0.25, -0.2) is 4.39 Å². The Morgan fingerprint density at radius 3 is 2.53 bits per heavy atom. The highest BCUT2D eigenvalue weighted by Crippen LogP contribution is 2.28. The molecule has 0 radical (unpaired) electrons. The van der Waals surface area contributed by atoms with Gasteiger partial charge in [0.05, 0.1) is 0 Å². The summed E-state index contributed by atoms with van der Waals surface area (Å²) in [5, 5.41) is 4.00. The molecular weight excluding hydrogens is 261 g/mol. The van der Waals surface area contributed by atoms with Gasteiger partial charge in [-0.05, 0) is 29.3 Å². The summed E-state index contributed by atoms with van der Waals surface area (Å²) >= 11 is 6.04. The largest absolute Gasteiger partial charge is 0.310 e. The van der Waals surface area contributed by atoms with Crippen LogP contribution in [0.1, 0.15) is 19.4 Å². The van der Waals surface area contributed by atoms with Crippen LogP contribution in [0, 0.1) is 5.82 Å². The van der Waals surface area contributed by atoms with Crippen molar-refractivity contribution in [2.75, 3.05) is 0 Å². The van der Waals surface area contributed by atoms with Crippen LogP contribution in [0.4, 0.5) is 4.39 Å². The molecule has 0 atom stereocenters. The van der Waals surface area contributed by atoms with Gasteiger partial charge in [-0.15, -0.1) is 0 Å². The fourth-order valence-corrected chi connectivity index (χ4v) is 2.16. The van der Waals surface area contributed by atoms with Gasteiger partial charge in [0, 0.05) is 23.2 Å². The van der Waals surface area contributed by atoms with Crippen LogP contribution in [0.3, 0.4) is 0 Å². The van der Waals surface area contributed by atoms with Crippen molar-refractivity contribution in [3.05, 3.63) is 58.9 Å². The van der Waals surface area contributed by atoms with Crippen LogP contribution >= 0.6 is 11.6 Å². The van der Waals surface area contributed by atoms with E-state index in [1.54, 1.807) is 18.2 Å². The Hall–Kier alpha value is -1.38. The molecule has 2 aromatic carbocycles. The summed E-state index contributed by atoms with van der Waals surface area (Å²) < 4.78 is 13.9. The molecule has 0 amide bonds. The van der Waals surface area contributed by atoms with E-state index in [9.17, 15) is 4.39 Å². The van der Waals surface area contributed by atoms with Gasteiger partial charge in [-0.1, -0.05) is 49.7 Å². The zero-order valence-electron chi connectivity index (χ0n) is 11.1. The van der Waals surface area contributed by atoms with Crippen molar-refractivity contribution in [1.82, 2.24) is 5.32 Å². The van der Waals surface area contributed by atoms with Crippen molar-refractivity contribution >= 4 is 11.6 Å². The van der Waals surface area contributed by atoms with E-state index in [4.69, 9.17) is 11.6 Å². The molecule has 0 spiro atoms. The molecule has 2 rings (SSSR count). The molecule has 0 unspecified atom stereocenters. The first-order valence-corrected chi connectivity index (χ1v) is 6.72. The van der Waals surface area contributed by atoms with Gasteiger partial charge >= 0.3 is 0 Å². The highest BCUT2D eigenvalue weighted by molar-refractivity contribution is 6.30. The molecule has 3 heteroatoms. The van der Waals surface area contributed by atoms with Gasteiger partial charge in [0.1, 0.15) is 5.82 Å². The van der Waals surface area contributed by atoms with Crippen molar-refractivity contribution in [1.29, 1.82) is 0 Å². The lowest BCUT2D eigenvalue weighted by Crippen LogP contribution is -2.22.